The van der Waals surface area contributed by atoms with Gasteiger partial charge in [0.1, 0.15) is 0 Å². The molecule has 0 unspecified atom stereocenters. The van der Waals surface area contributed by atoms with Crippen molar-refractivity contribution < 1.29 is 14.3 Å². The average Bonchev–Trinajstić information content (AvgIpc) is 2.97. The second kappa shape index (κ2) is 8.35. The monoisotopic (exact) mass is 390 g/mol. The third-order valence-corrected chi connectivity index (χ3v) is 4.88. The molecule has 5 heteroatoms. The Morgan fingerprint density at radius 2 is 1.62 bits per heavy atom. The van der Waals surface area contributed by atoms with Crippen LogP contribution in [0.15, 0.2) is 54.6 Å². The summed E-state index contributed by atoms with van der Waals surface area (Å²) in [5, 5.41) is 2.78. The molecule has 150 valence electrons. The molecule has 0 aliphatic heterocycles. The quantitative estimate of drug-likeness (QED) is 0.631. The summed E-state index contributed by atoms with van der Waals surface area (Å²) < 4.78 is 7.45. The van der Waals surface area contributed by atoms with E-state index in [1.54, 1.807) is 19.1 Å². The fourth-order valence-corrected chi connectivity index (χ4v) is 3.30. The molecule has 3 rings (SSSR count). The summed E-state index contributed by atoms with van der Waals surface area (Å²) in [4.78, 5) is 25.1. The molecule has 0 saturated carbocycles. The minimum absolute atomic E-state index is 0.365. The fraction of sp³-hybridized carbons (Fsp3) is 0.250. The minimum Gasteiger partial charge on any atom is -0.449 e. The molecular weight excluding hydrogens is 364 g/mol. The minimum atomic E-state index is -0.912. The zero-order chi connectivity index (χ0) is 21.1. The number of hydrogen-bond donors (Lipinski definition) is 1. The van der Waals surface area contributed by atoms with E-state index in [2.05, 4.69) is 5.32 Å². The second-order valence-corrected chi connectivity index (χ2v) is 7.36. The van der Waals surface area contributed by atoms with Crippen LogP contribution in [0.4, 0.5) is 5.69 Å². The second-order valence-electron chi connectivity index (χ2n) is 7.36. The normalized spacial score (nSPS) is 11.8. The number of carbonyl (C=O) groups is 2. The van der Waals surface area contributed by atoms with Crippen LogP contribution in [0.3, 0.4) is 0 Å². The van der Waals surface area contributed by atoms with Crippen molar-refractivity contribution in [1.29, 1.82) is 0 Å². The van der Waals surface area contributed by atoms with Crippen LogP contribution >= 0.6 is 0 Å². The average molecular weight is 390 g/mol. The van der Waals surface area contributed by atoms with E-state index in [1.165, 1.54) is 5.56 Å². The van der Waals surface area contributed by atoms with Crippen molar-refractivity contribution in [3.05, 3.63) is 82.7 Å². The lowest BCUT2D eigenvalue weighted by Gasteiger charge is -2.14. The zero-order valence-electron chi connectivity index (χ0n) is 17.4. The van der Waals surface area contributed by atoms with Gasteiger partial charge in [-0.15, -0.1) is 0 Å². The smallest absolute Gasteiger partial charge is 0.340 e. The van der Waals surface area contributed by atoms with E-state index >= 15 is 0 Å². The van der Waals surface area contributed by atoms with E-state index in [0.29, 0.717) is 11.3 Å². The molecule has 2 aromatic carbocycles. The van der Waals surface area contributed by atoms with Gasteiger partial charge in [-0.05, 0) is 70.5 Å². The van der Waals surface area contributed by atoms with Crippen LogP contribution in [-0.2, 0) is 9.53 Å². The van der Waals surface area contributed by atoms with E-state index in [9.17, 15) is 9.59 Å². The predicted molar refractivity (Wildman–Crippen MR) is 115 cm³/mol. The van der Waals surface area contributed by atoms with Crippen molar-refractivity contribution in [2.45, 2.75) is 40.7 Å². The Labute approximate surface area is 171 Å². The lowest BCUT2D eigenvalue weighted by atomic mass is 10.2. The Kier molecular flexibility index (Phi) is 5.87. The maximum absolute atomic E-state index is 12.7. The van der Waals surface area contributed by atoms with Gasteiger partial charge in [-0.1, -0.05) is 29.8 Å². The maximum atomic E-state index is 12.7. The van der Waals surface area contributed by atoms with Crippen molar-refractivity contribution in [3.63, 3.8) is 0 Å². The number of carbonyl (C=O) groups excluding carboxylic acids is 2. The van der Waals surface area contributed by atoms with Crippen LogP contribution in [0, 0.1) is 27.7 Å². The Bertz CT molecular complexity index is 1050. The summed E-state index contributed by atoms with van der Waals surface area (Å²) in [6.45, 7) is 9.37. The number of aromatic nitrogens is 1. The third-order valence-electron chi connectivity index (χ3n) is 4.88. The van der Waals surface area contributed by atoms with Crippen LogP contribution < -0.4 is 5.32 Å². The molecule has 1 heterocycles. The van der Waals surface area contributed by atoms with Gasteiger partial charge >= 0.3 is 5.97 Å². The Balaban J connectivity index is 1.74. The van der Waals surface area contributed by atoms with Crippen LogP contribution in [-0.4, -0.2) is 22.5 Å². The van der Waals surface area contributed by atoms with Crippen molar-refractivity contribution in [2.75, 3.05) is 5.32 Å². The van der Waals surface area contributed by atoms with Gasteiger partial charge in [0, 0.05) is 22.8 Å². The molecule has 0 bridgehead atoms. The van der Waals surface area contributed by atoms with Gasteiger partial charge in [-0.3, -0.25) is 4.79 Å². The fourth-order valence-electron chi connectivity index (χ4n) is 3.30. The number of esters is 1. The van der Waals surface area contributed by atoms with Crippen LogP contribution in [0.1, 0.15) is 39.8 Å². The molecule has 1 atom stereocenters. The highest BCUT2D eigenvalue weighted by molar-refractivity contribution is 5.98. The van der Waals surface area contributed by atoms with Crippen molar-refractivity contribution in [3.8, 4) is 5.69 Å². The van der Waals surface area contributed by atoms with Gasteiger partial charge in [0.15, 0.2) is 6.10 Å². The standard InChI is InChI=1S/C24H26N2O3/c1-15-9-11-21(12-10-15)26-17(3)14-22(18(26)4)24(28)29-19(5)23(27)25-20-8-6-7-16(2)13-20/h6-14,19H,1-5H3,(H,25,27)/t19-/m0/s1. The number of nitrogens with zero attached hydrogens (tertiary/aromatic N) is 1. The summed E-state index contributed by atoms with van der Waals surface area (Å²) in [6.07, 6.45) is -0.912. The highest BCUT2D eigenvalue weighted by Gasteiger charge is 2.23. The van der Waals surface area contributed by atoms with Crippen LogP contribution in [0.2, 0.25) is 0 Å². The van der Waals surface area contributed by atoms with Crippen molar-refractivity contribution >= 4 is 17.6 Å². The predicted octanol–water partition coefficient (Wildman–Crippen LogP) is 4.89. The number of ether oxygens (including phenoxy) is 1. The molecule has 0 aliphatic carbocycles. The molecule has 0 fully saturated rings. The number of rotatable bonds is 5. The van der Waals surface area contributed by atoms with Gasteiger partial charge < -0.3 is 14.6 Å². The number of nitrogens with one attached hydrogen (secondary N) is 1. The summed E-state index contributed by atoms with van der Waals surface area (Å²) in [6, 6.07) is 17.4. The third kappa shape index (κ3) is 4.57. The number of hydrogen-bond acceptors (Lipinski definition) is 3. The first-order valence-electron chi connectivity index (χ1n) is 9.61. The van der Waals surface area contributed by atoms with E-state index in [4.69, 9.17) is 4.74 Å². The first-order valence-corrected chi connectivity index (χ1v) is 9.61. The van der Waals surface area contributed by atoms with E-state index in [-0.39, 0.29) is 5.91 Å². The van der Waals surface area contributed by atoms with Crippen LogP contribution in [0.5, 0.6) is 0 Å². The lowest BCUT2D eigenvalue weighted by molar-refractivity contribution is -0.123. The highest BCUT2D eigenvalue weighted by atomic mass is 16.5. The zero-order valence-corrected chi connectivity index (χ0v) is 17.4. The Morgan fingerprint density at radius 1 is 0.931 bits per heavy atom. The molecular formula is C24H26N2O3. The molecule has 0 spiro atoms. The summed E-state index contributed by atoms with van der Waals surface area (Å²) in [7, 11) is 0. The largest absolute Gasteiger partial charge is 0.449 e. The Hall–Kier alpha value is -3.34. The van der Waals surface area contributed by atoms with E-state index in [0.717, 1.165) is 22.6 Å². The SMILES string of the molecule is Cc1ccc(-n2c(C)cc(C(=O)O[C@@H](C)C(=O)Nc3cccc(C)c3)c2C)cc1. The number of amides is 1. The topological polar surface area (TPSA) is 60.3 Å². The van der Waals surface area contributed by atoms with Crippen LogP contribution in [0.25, 0.3) is 5.69 Å². The summed E-state index contributed by atoms with van der Waals surface area (Å²) >= 11 is 0. The number of aryl methyl sites for hydroxylation is 3. The van der Waals surface area contributed by atoms with Crippen molar-refractivity contribution in [1.82, 2.24) is 4.57 Å². The molecule has 0 radical (unpaired) electrons. The molecule has 1 N–H and O–H groups in total. The molecule has 1 amide bonds. The number of benzene rings is 2. The Morgan fingerprint density at radius 3 is 2.28 bits per heavy atom. The molecule has 0 saturated heterocycles. The van der Waals surface area contributed by atoms with Gasteiger partial charge in [-0.2, -0.15) is 0 Å². The maximum Gasteiger partial charge on any atom is 0.340 e. The first kappa shape index (κ1) is 20.4. The molecule has 3 aromatic rings. The first-order chi connectivity index (χ1) is 13.8. The van der Waals surface area contributed by atoms with Gasteiger partial charge in [0.2, 0.25) is 0 Å². The summed E-state index contributed by atoms with van der Waals surface area (Å²) in [5.41, 5.74) is 6.03. The van der Waals surface area contributed by atoms with E-state index in [1.807, 2.05) is 74.7 Å². The summed E-state index contributed by atoms with van der Waals surface area (Å²) in [5.74, 6) is -0.875. The molecule has 29 heavy (non-hydrogen) atoms. The number of anilines is 1. The van der Waals surface area contributed by atoms with Crippen molar-refractivity contribution in [2.24, 2.45) is 0 Å². The van der Waals surface area contributed by atoms with Gasteiger partial charge in [0.25, 0.3) is 5.91 Å². The molecule has 5 nitrogen and oxygen atoms in total. The molecule has 0 aliphatic rings. The lowest BCUT2D eigenvalue weighted by Crippen LogP contribution is -2.30. The molecule has 1 aromatic heterocycles. The van der Waals surface area contributed by atoms with Gasteiger partial charge in [-0.25, -0.2) is 4.79 Å². The highest BCUT2D eigenvalue weighted by Crippen LogP contribution is 2.22. The van der Waals surface area contributed by atoms with Gasteiger partial charge in [0.05, 0.1) is 5.56 Å². The van der Waals surface area contributed by atoms with E-state index < -0.39 is 12.1 Å².